The molecule has 0 aliphatic heterocycles. The molecule has 0 bridgehead atoms. The van der Waals surface area contributed by atoms with E-state index in [1.807, 2.05) is 60.7 Å². The van der Waals surface area contributed by atoms with E-state index in [0.717, 1.165) is 187 Å². The highest BCUT2D eigenvalue weighted by Gasteiger charge is 2.30. The summed E-state index contributed by atoms with van der Waals surface area (Å²) in [6.07, 6.45) is 14.4. The Labute approximate surface area is 557 Å². The second kappa shape index (κ2) is 34.9. The van der Waals surface area contributed by atoms with E-state index in [9.17, 15) is 19.2 Å². The summed E-state index contributed by atoms with van der Waals surface area (Å²) in [5.41, 5.74) is 5.84. The highest BCUT2D eigenvalue weighted by Crippen LogP contribution is 2.40. The SMILES string of the molecule is C=C(C)C(=O)OCCCCCCOc1ccc(OC(=O)C2CCC(COc3ccc4c5ccc(OCC6CCC(C(=O)Oc7ccc(OCCCCCCOC(=O)C(=C)C)cc7)CC6)cc5c5nc6cc(-c7cccc(OCCOCCC)c7)ccc6nc5c4c3)CC2)cc1. The lowest BCUT2D eigenvalue weighted by Gasteiger charge is -2.27. The van der Waals surface area contributed by atoms with Crippen molar-refractivity contribution < 1.29 is 66.5 Å². The van der Waals surface area contributed by atoms with Gasteiger partial charge in [-0.25, -0.2) is 19.6 Å². The van der Waals surface area contributed by atoms with Crippen LogP contribution in [0.15, 0.2) is 152 Å². The molecule has 2 fully saturated rings. The van der Waals surface area contributed by atoms with Gasteiger partial charge in [0.15, 0.2) is 0 Å². The molecule has 95 heavy (non-hydrogen) atoms. The molecule has 0 N–H and O–H groups in total. The van der Waals surface area contributed by atoms with Crippen molar-refractivity contribution in [1.82, 2.24) is 9.97 Å². The van der Waals surface area contributed by atoms with Crippen LogP contribution in [0.2, 0.25) is 0 Å². The molecule has 2 saturated carbocycles. The van der Waals surface area contributed by atoms with Gasteiger partial charge in [-0.05, 0) is 266 Å². The van der Waals surface area contributed by atoms with Gasteiger partial charge in [-0.2, -0.15) is 0 Å². The summed E-state index contributed by atoms with van der Waals surface area (Å²) in [4.78, 5) is 60.6. The van der Waals surface area contributed by atoms with Crippen LogP contribution in [-0.2, 0) is 33.4 Å². The first-order valence-electron chi connectivity index (χ1n) is 34.1. The molecule has 1 heterocycles. The van der Waals surface area contributed by atoms with E-state index in [-0.39, 0.29) is 47.5 Å². The predicted molar refractivity (Wildman–Crippen MR) is 370 cm³/mol. The van der Waals surface area contributed by atoms with Crippen molar-refractivity contribution in [1.29, 1.82) is 0 Å². The number of carbonyl (C=O) groups is 4. The normalized spacial score (nSPS) is 16.2. The van der Waals surface area contributed by atoms with Crippen molar-refractivity contribution in [2.24, 2.45) is 23.7 Å². The monoisotopic (exact) mass is 1290 g/mol. The summed E-state index contributed by atoms with van der Waals surface area (Å²) in [6.45, 7) is 17.2. The first-order chi connectivity index (χ1) is 46.3. The first kappa shape index (κ1) is 68.8. The Morgan fingerprint density at radius 1 is 0.400 bits per heavy atom. The van der Waals surface area contributed by atoms with Gasteiger partial charge in [0.25, 0.3) is 0 Å². The number of esters is 4. The molecule has 500 valence electrons. The molecule has 0 unspecified atom stereocenters. The Morgan fingerprint density at radius 3 is 1.32 bits per heavy atom. The number of fused-ring (bicyclic) bond motifs is 7. The number of nitrogens with zero attached hydrogens (tertiary/aromatic N) is 2. The maximum Gasteiger partial charge on any atom is 0.333 e. The van der Waals surface area contributed by atoms with E-state index < -0.39 is 0 Å². The summed E-state index contributed by atoms with van der Waals surface area (Å²) in [6, 6.07) is 41.2. The minimum Gasteiger partial charge on any atom is -0.494 e. The average Bonchev–Trinajstić information content (AvgIpc) is 0.735. The Morgan fingerprint density at radius 2 is 0.832 bits per heavy atom. The van der Waals surface area contributed by atoms with Crippen molar-refractivity contribution in [3.63, 3.8) is 0 Å². The Hall–Kier alpha value is -9.02. The molecule has 0 atom stereocenters. The maximum atomic E-state index is 13.4. The molecule has 0 saturated heterocycles. The lowest BCUT2D eigenvalue weighted by Crippen LogP contribution is -2.27. The van der Waals surface area contributed by atoms with Crippen LogP contribution in [0, 0.1) is 23.7 Å². The highest BCUT2D eigenvalue weighted by molar-refractivity contribution is 6.24. The lowest BCUT2D eigenvalue weighted by atomic mass is 9.82. The molecule has 7 aromatic carbocycles. The standard InChI is InChI=1S/C79H90N2O14/c1-6-40-86-45-46-89-65-17-15-16-59(47-65)60-26-39-72-73(48-60)81-75-71-50-67(93-52-56-20-24-58(25-21-56)79(85)95-64-33-29-62(30-34-64)88-42-12-8-10-14-44-91-77(83)54(4)5)36-38-69(71)68-37-35-66(49-70(68)74(75)80-72)92-51-55-18-22-57(23-19-55)78(84)94-63-31-27-61(28-32-63)87-41-11-7-9-13-43-90-76(82)53(2)3/h15-17,26-39,47-50,55-58H,2,4,6-14,18-25,40-46,51-52H2,1,3,5H3. The van der Waals surface area contributed by atoms with Crippen LogP contribution in [-0.4, -0.2) is 93.3 Å². The highest BCUT2D eigenvalue weighted by atomic mass is 16.6. The van der Waals surface area contributed by atoms with Gasteiger partial charge in [0.1, 0.15) is 46.9 Å². The van der Waals surface area contributed by atoms with Gasteiger partial charge in [0.05, 0.1) is 80.2 Å². The van der Waals surface area contributed by atoms with Crippen LogP contribution < -0.4 is 33.2 Å². The van der Waals surface area contributed by atoms with Gasteiger partial charge in [-0.3, -0.25) is 9.59 Å². The maximum absolute atomic E-state index is 13.4. The van der Waals surface area contributed by atoms with Crippen molar-refractivity contribution in [3.8, 4) is 51.4 Å². The van der Waals surface area contributed by atoms with Crippen molar-refractivity contribution in [2.75, 3.05) is 59.5 Å². The molecule has 1 aromatic heterocycles. The third-order valence-corrected chi connectivity index (χ3v) is 17.7. The third-order valence-electron chi connectivity index (χ3n) is 17.7. The van der Waals surface area contributed by atoms with Crippen LogP contribution in [0.3, 0.4) is 0 Å². The zero-order chi connectivity index (χ0) is 66.3. The molecular formula is C79H90N2O14. The van der Waals surface area contributed by atoms with E-state index in [4.69, 9.17) is 57.3 Å². The average molecular weight is 1290 g/mol. The number of hydrogen-bond donors (Lipinski definition) is 0. The number of unbranched alkanes of at least 4 members (excludes halogenated alkanes) is 6. The predicted octanol–water partition coefficient (Wildman–Crippen LogP) is 17.3. The quantitative estimate of drug-likeness (QED) is 0.00911. The van der Waals surface area contributed by atoms with Gasteiger partial charge < -0.3 is 47.4 Å². The van der Waals surface area contributed by atoms with Gasteiger partial charge in [-0.15, -0.1) is 0 Å². The molecule has 2 aliphatic rings. The van der Waals surface area contributed by atoms with E-state index in [1.54, 1.807) is 38.1 Å². The molecule has 16 heteroatoms. The zero-order valence-corrected chi connectivity index (χ0v) is 55.3. The largest absolute Gasteiger partial charge is 0.494 e. The molecule has 2 aliphatic carbocycles. The number of ether oxygens (including phenoxy) is 10. The Kier molecular flexibility index (Phi) is 25.3. The van der Waals surface area contributed by atoms with Crippen LogP contribution in [0.4, 0.5) is 0 Å². The topological polar surface area (TPSA) is 186 Å². The number of aromatic nitrogens is 2. The lowest BCUT2D eigenvalue weighted by molar-refractivity contribution is -0.141. The molecular weight excluding hydrogens is 1200 g/mol. The first-order valence-corrected chi connectivity index (χ1v) is 34.1. The van der Waals surface area contributed by atoms with E-state index in [2.05, 4.69) is 62.5 Å². The van der Waals surface area contributed by atoms with Gasteiger partial charge in [0, 0.05) is 28.5 Å². The Bertz CT molecular complexity index is 3910. The summed E-state index contributed by atoms with van der Waals surface area (Å²) >= 11 is 0. The van der Waals surface area contributed by atoms with Crippen LogP contribution in [0.5, 0.6) is 40.2 Å². The summed E-state index contributed by atoms with van der Waals surface area (Å²) in [5.74, 6) is 3.72. The fourth-order valence-corrected chi connectivity index (χ4v) is 12.2. The fourth-order valence-electron chi connectivity index (χ4n) is 12.2. The van der Waals surface area contributed by atoms with Crippen LogP contribution in [0.25, 0.3) is 54.7 Å². The van der Waals surface area contributed by atoms with Gasteiger partial charge in [-0.1, -0.05) is 38.3 Å². The second-order valence-electron chi connectivity index (χ2n) is 25.2. The summed E-state index contributed by atoms with van der Waals surface area (Å²) < 4.78 is 58.8. The van der Waals surface area contributed by atoms with E-state index >= 15 is 0 Å². The summed E-state index contributed by atoms with van der Waals surface area (Å²) in [7, 11) is 0. The molecule has 16 nitrogen and oxygen atoms in total. The van der Waals surface area contributed by atoms with E-state index in [1.165, 1.54) is 0 Å². The van der Waals surface area contributed by atoms with Crippen molar-refractivity contribution >= 4 is 67.5 Å². The minimum atomic E-state index is -0.349. The van der Waals surface area contributed by atoms with Gasteiger partial charge in [0.2, 0.25) is 0 Å². The van der Waals surface area contributed by atoms with Crippen molar-refractivity contribution in [3.05, 3.63) is 152 Å². The third kappa shape index (κ3) is 20.0. The van der Waals surface area contributed by atoms with E-state index in [0.29, 0.717) is 87.9 Å². The smallest absolute Gasteiger partial charge is 0.333 e. The fraction of sp³-hybridized carbons (Fsp3) is 0.418. The number of benzene rings is 7. The van der Waals surface area contributed by atoms with Crippen molar-refractivity contribution in [2.45, 2.75) is 130 Å². The minimum absolute atomic E-state index is 0.188. The number of rotatable bonds is 35. The zero-order valence-electron chi connectivity index (χ0n) is 55.3. The molecule has 0 radical (unpaired) electrons. The second-order valence-corrected chi connectivity index (χ2v) is 25.2. The molecule has 0 spiro atoms. The molecule has 0 amide bonds. The van der Waals surface area contributed by atoms with Crippen LogP contribution in [0.1, 0.15) is 130 Å². The molecule has 8 aromatic rings. The Balaban J connectivity index is 0.747. The number of carbonyl (C=O) groups excluding carboxylic acids is 4. The number of hydrogen-bond acceptors (Lipinski definition) is 16. The van der Waals surface area contributed by atoms with Gasteiger partial charge >= 0.3 is 23.9 Å². The molecule has 10 rings (SSSR count). The summed E-state index contributed by atoms with van der Waals surface area (Å²) in [5, 5.41) is 3.90. The van der Waals surface area contributed by atoms with Crippen LogP contribution >= 0.6 is 0 Å².